The number of epoxide rings is 1. The Labute approximate surface area is 182 Å². The monoisotopic (exact) mass is 430 g/mol. The van der Waals surface area contributed by atoms with Gasteiger partial charge in [-0.25, -0.2) is 8.78 Å². The van der Waals surface area contributed by atoms with E-state index >= 15 is 0 Å². The van der Waals surface area contributed by atoms with Gasteiger partial charge in [-0.3, -0.25) is 0 Å². The number of benzene rings is 2. The van der Waals surface area contributed by atoms with E-state index in [0.717, 1.165) is 5.92 Å². The summed E-state index contributed by atoms with van der Waals surface area (Å²) in [5, 5.41) is -0.0556. The topological polar surface area (TPSA) is 21.8 Å². The van der Waals surface area contributed by atoms with Gasteiger partial charge in [0.25, 0.3) is 0 Å². The van der Waals surface area contributed by atoms with Crippen LogP contribution >= 0.6 is 12.2 Å². The molecule has 30 heavy (non-hydrogen) atoms. The largest absolute Gasteiger partial charge is 0.445 e. The van der Waals surface area contributed by atoms with Crippen molar-refractivity contribution in [3.8, 4) is 5.75 Å². The fourth-order valence-electron chi connectivity index (χ4n) is 4.65. The van der Waals surface area contributed by atoms with E-state index in [-0.39, 0.29) is 22.3 Å². The standard InChI is InChI=1S/C25H28F2O2S/c1-3-4-16-5-7-17(8-6-16)18-9-11-19(12-10-18)29-25(30)22-15(2)13-20(21-14-28-21)23(26)24(22)27/h9-13,16-17,21H,3-8,14H2,1-2H3. The molecule has 2 fully saturated rings. The van der Waals surface area contributed by atoms with Crippen molar-refractivity contribution >= 4 is 17.3 Å². The van der Waals surface area contributed by atoms with Gasteiger partial charge in [-0.05, 0) is 86.0 Å². The van der Waals surface area contributed by atoms with E-state index in [1.807, 2.05) is 12.1 Å². The molecule has 2 aliphatic rings. The minimum Gasteiger partial charge on any atom is -0.445 e. The van der Waals surface area contributed by atoms with Crippen LogP contribution in [0.25, 0.3) is 0 Å². The van der Waals surface area contributed by atoms with E-state index in [9.17, 15) is 8.78 Å². The Kier molecular flexibility index (Phi) is 6.49. The first-order valence-electron chi connectivity index (χ1n) is 10.9. The third kappa shape index (κ3) is 4.57. The number of rotatable bonds is 6. The van der Waals surface area contributed by atoms with Crippen LogP contribution in [0.3, 0.4) is 0 Å². The molecular formula is C25H28F2O2S. The molecule has 0 N–H and O–H groups in total. The molecule has 1 unspecified atom stereocenters. The maximum absolute atomic E-state index is 14.7. The van der Waals surface area contributed by atoms with Gasteiger partial charge in [-0.1, -0.05) is 31.9 Å². The molecule has 2 aromatic carbocycles. The van der Waals surface area contributed by atoms with Crippen LogP contribution in [0, 0.1) is 24.5 Å². The van der Waals surface area contributed by atoms with Gasteiger partial charge in [-0.15, -0.1) is 0 Å². The van der Waals surface area contributed by atoms with Crippen molar-refractivity contribution in [1.29, 1.82) is 0 Å². The number of halogens is 2. The zero-order valence-corrected chi connectivity index (χ0v) is 18.4. The third-order valence-electron chi connectivity index (χ3n) is 6.42. The highest BCUT2D eigenvalue weighted by molar-refractivity contribution is 7.80. The van der Waals surface area contributed by atoms with Gasteiger partial charge in [0.05, 0.1) is 12.2 Å². The van der Waals surface area contributed by atoms with E-state index < -0.39 is 11.6 Å². The molecule has 1 aliphatic heterocycles. The Hall–Kier alpha value is -1.85. The van der Waals surface area contributed by atoms with E-state index in [0.29, 0.717) is 23.8 Å². The van der Waals surface area contributed by atoms with Gasteiger partial charge in [-0.2, -0.15) is 0 Å². The average Bonchev–Trinajstić information content (AvgIpc) is 3.57. The minimum atomic E-state index is -0.967. The van der Waals surface area contributed by atoms with Gasteiger partial charge in [0, 0.05) is 5.56 Å². The zero-order chi connectivity index (χ0) is 21.3. The van der Waals surface area contributed by atoms with Gasteiger partial charge in [0.15, 0.2) is 11.6 Å². The molecule has 1 saturated heterocycles. The molecule has 1 atom stereocenters. The number of thiocarbonyl (C=S) groups is 1. The summed E-state index contributed by atoms with van der Waals surface area (Å²) in [6.45, 7) is 4.38. The summed E-state index contributed by atoms with van der Waals surface area (Å²) in [7, 11) is 0. The van der Waals surface area contributed by atoms with Crippen LogP contribution in [-0.4, -0.2) is 11.7 Å². The molecule has 2 aromatic rings. The summed E-state index contributed by atoms with van der Waals surface area (Å²) >= 11 is 5.30. The maximum atomic E-state index is 14.7. The fourth-order valence-corrected chi connectivity index (χ4v) is 5.00. The second-order valence-corrected chi connectivity index (χ2v) is 8.94. The van der Waals surface area contributed by atoms with Crippen LogP contribution in [-0.2, 0) is 4.74 Å². The van der Waals surface area contributed by atoms with E-state index in [2.05, 4.69) is 19.1 Å². The molecule has 0 bridgehead atoms. The highest BCUT2D eigenvalue weighted by Crippen LogP contribution is 2.38. The molecule has 4 rings (SSSR count). The molecule has 1 aliphatic carbocycles. The summed E-state index contributed by atoms with van der Waals surface area (Å²) in [5.41, 5.74) is 2.11. The van der Waals surface area contributed by atoms with E-state index in [1.165, 1.54) is 44.1 Å². The lowest BCUT2D eigenvalue weighted by atomic mass is 9.77. The lowest BCUT2D eigenvalue weighted by Crippen LogP contribution is -2.14. The first kappa shape index (κ1) is 21.4. The van der Waals surface area contributed by atoms with Crippen LogP contribution < -0.4 is 4.74 Å². The Bertz CT molecular complexity index is 914. The first-order valence-corrected chi connectivity index (χ1v) is 11.3. The van der Waals surface area contributed by atoms with E-state index in [1.54, 1.807) is 13.0 Å². The maximum Gasteiger partial charge on any atom is 0.201 e. The predicted molar refractivity (Wildman–Crippen MR) is 118 cm³/mol. The Morgan fingerprint density at radius 1 is 1.10 bits per heavy atom. The third-order valence-corrected chi connectivity index (χ3v) is 6.71. The summed E-state index contributed by atoms with van der Waals surface area (Å²) in [6, 6.07) is 9.48. The van der Waals surface area contributed by atoms with Gasteiger partial charge in [0.1, 0.15) is 11.9 Å². The molecule has 5 heteroatoms. The smallest absolute Gasteiger partial charge is 0.201 e. The Morgan fingerprint density at radius 3 is 2.37 bits per heavy atom. The average molecular weight is 431 g/mol. The molecule has 0 spiro atoms. The van der Waals surface area contributed by atoms with Crippen molar-refractivity contribution in [2.75, 3.05) is 6.61 Å². The van der Waals surface area contributed by atoms with Crippen molar-refractivity contribution in [2.24, 2.45) is 5.92 Å². The van der Waals surface area contributed by atoms with Gasteiger partial charge >= 0.3 is 0 Å². The predicted octanol–water partition coefficient (Wildman–Crippen LogP) is 7.17. The van der Waals surface area contributed by atoms with Crippen molar-refractivity contribution in [3.05, 3.63) is 64.2 Å². The molecule has 2 nitrogen and oxygen atoms in total. The van der Waals surface area contributed by atoms with Crippen molar-refractivity contribution < 1.29 is 18.3 Å². The minimum absolute atomic E-state index is 0.00484. The number of hydrogen-bond donors (Lipinski definition) is 0. The summed E-state index contributed by atoms with van der Waals surface area (Å²) in [4.78, 5) is 0. The SMILES string of the molecule is CCCC1CCC(c2ccc(OC(=S)c3c(C)cc(C4CO4)c(F)c3F)cc2)CC1. The zero-order valence-electron chi connectivity index (χ0n) is 17.5. The molecule has 1 heterocycles. The second kappa shape index (κ2) is 9.11. The number of ether oxygens (including phenoxy) is 2. The summed E-state index contributed by atoms with van der Waals surface area (Å²) in [5.74, 6) is 0.133. The molecular weight excluding hydrogens is 402 g/mol. The lowest BCUT2D eigenvalue weighted by molar-refractivity contribution is 0.308. The number of hydrogen-bond acceptors (Lipinski definition) is 3. The van der Waals surface area contributed by atoms with Crippen LogP contribution in [0.1, 0.15) is 79.7 Å². The summed E-state index contributed by atoms with van der Waals surface area (Å²) < 4.78 is 39.9. The summed E-state index contributed by atoms with van der Waals surface area (Å²) in [6.07, 6.45) is 7.30. The van der Waals surface area contributed by atoms with Crippen LogP contribution in [0.2, 0.25) is 0 Å². The normalized spacial score (nSPS) is 23.3. The van der Waals surface area contributed by atoms with Crippen molar-refractivity contribution in [2.45, 2.75) is 64.4 Å². The lowest BCUT2D eigenvalue weighted by Gasteiger charge is -2.28. The fraction of sp³-hybridized carbons (Fsp3) is 0.480. The highest BCUT2D eigenvalue weighted by Gasteiger charge is 2.32. The highest BCUT2D eigenvalue weighted by atomic mass is 32.1. The molecule has 0 aromatic heterocycles. The van der Waals surface area contributed by atoms with Crippen molar-refractivity contribution in [3.63, 3.8) is 0 Å². The van der Waals surface area contributed by atoms with Crippen LogP contribution in [0.15, 0.2) is 30.3 Å². The Balaban J connectivity index is 1.43. The van der Waals surface area contributed by atoms with Gasteiger partial charge < -0.3 is 9.47 Å². The number of aryl methyl sites for hydroxylation is 1. The van der Waals surface area contributed by atoms with Gasteiger partial charge in [0.2, 0.25) is 5.05 Å². The van der Waals surface area contributed by atoms with Crippen molar-refractivity contribution in [1.82, 2.24) is 0 Å². The second-order valence-electron chi connectivity index (χ2n) is 8.57. The van der Waals surface area contributed by atoms with Crippen LogP contribution in [0.5, 0.6) is 5.75 Å². The molecule has 0 amide bonds. The molecule has 160 valence electrons. The van der Waals surface area contributed by atoms with Crippen LogP contribution in [0.4, 0.5) is 8.78 Å². The first-order chi connectivity index (χ1) is 14.5. The van der Waals surface area contributed by atoms with E-state index in [4.69, 9.17) is 21.7 Å². The molecule has 1 saturated carbocycles. The Morgan fingerprint density at radius 2 is 1.77 bits per heavy atom. The quantitative estimate of drug-likeness (QED) is 0.358. The molecule has 0 radical (unpaired) electrons.